The van der Waals surface area contributed by atoms with Gasteiger partial charge < -0.3 is 14.4 Å². The lowest BCUT2D eigenvalue weighted by atomic mass is 10.0. The number of aromatic nitrogens is 1. The third kappa shape index (κ3) is 6.29. The first kappa shape index (κ1) is 35.3. The number of hydrogen-bond donors (Lipinski definition) is 0. The van der Waals surface area contributed by atoms with Crippen LogP contribution in [-0.4, -0.2) is 4.57 Å². The lowest BCUT2D eigenvalue weighted by Gasteiger charge is -2.26. The fourth-order valence-corrected chi connectivity index (χ4v) is 8.33. The first-order chi connectivity index (χ1) is 28.9. The molecule has 0 saturated carbocycles. The molecule has 59 heavy (non-hydrogen) atoms. The second-order valence-corrected chi connectivity index (χ2v) is 15.1. The van der Waals surface area contributed by atoms with E-state index in [1.165, 1.54) is 27.3 Å². The maximum absolute atomic E-state index is 9.60. The van der Waals surface area contributed by atoms with Crippen LogP contribution >= 0.6 is 0 Å². The monoisotopic (exact) mass is 755 g/mol. The van der Waals surface area contributed by atoms with Crippen LogP contribution in [0, 0.1) is 36.5 Å². The number of nitrogens with zero attached hydrogens (tertiary/aromatic N) is 5. The van der Waals surface area contributed by atoms with E-state index in [1.807, 2.05) is 48.5 Å². The van der Waals surface area contributed by atoms with Gasteiger partial charge in [-0.15, -0.1) is 0 Å². The van der Waals surface area contributed by atoms with Crippen LogP contribution in [0.25, 0.3) is 49.0 Å². The lowest BCUT2D eigenvalue weighted by Crippen LogP contribution is -2.10. The standard InChI is InChI=1S/C54H37N5/c1-36-10-19-43(20-11-36)57(45-23-14-38(34-55)15-24-45)47-27-18-41-31-51-50-29-28-48(58(44-21-12-37(2)13-22-44)46-25-16-39(35-56)17-26-46)33-54(50)59(53(51)32-42(41)30-47)52-9-5-7-40-6-3-4-8-49(40)52/h3-33H,1-2H3. The number of aryl methyl sites for hydroxylation is 2. The van der Waals surface area contributed by atoms with Crippen LogP contribution in [0.1, 0.15) is 22.3 Å². The second kappa shape index (κ2) is 14.4. The summed E-state index contributed by atoms with van der Waals surface area (Å²) in [5.41, 5.74) is 13.0. The molecule has 0 unspecified atom stereocenters. The van der Waals surface area contributed by atoms with Crippen molar-refractivity contribution in [3.05, 3.63) is 210 Å². The summed E-state index contributed by atoms with van der Waals surface area (Å²) in [7, 11) is 0. The fourth-order valence-electron chi connectivity index (χ4n) is 8.33. The molecule has 0 aliphatic heterocycles. The van der Waals surface area contributed by atoms with Gasteiger partial charge in [-0.1, -0.05) is 83.9 Å². The maximum Gasteiger partial charge on any atom is 0.0991 e. The molecule has 0 amide bonds. The predicted molar refractivity (Wildman–Crippen MR) is 244 cm³/mol. The molecule has 0 N–H and O–H groups in total. The summed E-state index contributed by atoms with van der Waals surface area (Å²) in [6.45, 7) is 4.20. The van der Waals surface area contributed by atoms with Crippen LogP contribution < -0.4 is 9.80 Å². The molecule has 10 aromatic rings. The summed E-state index contributed by atoms with van der Waals surface area (Å²) in [6.07, 6.45) is 0. The average molecular weight is 756 g/mol. The van der Waals surface area contributed by atoms with Crippen molar-refractivity contribution in [3.8, 4) is 17.8 Å². The molecular formula is C54H37N5. The molecule has 0 saturated heterocycles. The molecule has 0 fully saturated rings. The van der Waals surface area contributed by atoms with Gasteiger partial charge in [0.2, 0.25) is 0 Å². The van der Waals surface area contributed by atoms with Crippen LogP contribution in [0.3, 0.4) is 0 Å². The normalized spacial score (nSPS) is 11.2. The summed E-state index contributed by atoms with van der Waals surface area (Å²) in [6, 6.07) is 70.5. The van der Waals surface area contributed by atoms with Gasteiger partial charge in [-0.2, -0.15) is 10.5 Å². The Kier molecular flexibility index (Phi) is 8.63. The molecule has 1 aromatic heterocycles. The van der Waals surface area contributed by atoms with Gasteiger partial charge in [0.25, 0.3) is 0 Å². The SMILES string of the molecule is Cc1ccc(N(c2ccc(C#N)cc2)c2ccc3cc4c5ccc(N(c6ccc(C)cc6)c6ccc(C#N)cc6)cc5n(-c5cccc6ccccc56)c4cc3c2)cc1. The van der Waals surface area contributed by atoms with Gasteiger partial charge >= 0.3 is 0 Å². The van der Waals surface area contributed by atoms with E-state index in [1.54, 1.807) is 0 Å². The number of benzene rings is 9. The summed E-state index contributed by atoms with van der Waals surface area (Å²) in [4.78, 5) is 4.51. The topological polar surface area (TPSA) is 59.0 Å². The molecule has 0 spiro atoms. The Morgan fingerprint density at radius 1 is 0.373 bits per heavy atom. The quantitative estimate of drug-likeness (QED) is 0.162. The van der Waals surface area contributed by atoms with Crippen molar-refractivity contribution >= 4 is 77.5 Å². The Labute approximate surface area is 343 Å². The van der Waals surface area contributed by atoms with Crippen molar-refractivity contribution in [2.75, 3.05) is 9.80 Å². The first-order valence-corrected chi connectivity index (χ1v) is 19.7. The molecule has 5 heteroatoms. The highest BCUT2D eigenvalue weighted by molar-refractivity contribution is 6.15. The highest BCUT2D eigenvalue weighted by Gasteiger charge is 2.20. The molecule has 1 heterocycles. The summed E-state index contributed by atoms with van der Waals surface area (Å²) in [5.74, 6) is 0. The van der Waals surface area contributed by atoms with Crippen LogP contribution in [0.2, 0.25) is 0 Å². The van der Waals surface area contributed by atoms with Crippen LogP contribution in [-0.2, 0) is 0 Å². The average Bonchev–Trinajstić information content (AvgIpc) is 3.59. The molecule has 0 atom stereocenters. The summed E-state index contributed by atoms with van der Waals surface area (Å²) < 4.78 is 2.42. The number of fused-ring (bicyclic) bond motifs is 5. The molecule has 5 nitrogen and oxygen atoms in total. The van der Waals surface area contributed by atoms with Crippen molar-refractivity contribution in [3.63, 3.8) is 0 Å². The zero-order valence-corrected chi connectivity index (χ0v) is 32.6. The van der Waals surface area contributed by atoms with Crippen molar-refractivity contribution in [1.29, 1.82) is 10.5 Å². The maximum atomic E-state index is 9.60. The van der Waals surface area contributed by atoms with Gasteiger partial charge in [-0.3, -0.25) is 0 Å². The molecule has 0 aliphatic rings. The van der Waals surface area contributed by atoms with Gasteiger partial charge in [0.15, 0.2) is 0 Å². The summed E-state index contributed by atoms with van der Waals surface area (Å²) in [5, 5.41) is 26.1. The van der Waals surface area contributed by atoms with E-state index in [4.69, 9.17) is 0 Å². The van der Waals surface area contributed by atoms with Gasteiger partial charge in [0.1, 0.15) is 0 Å². The highest BCUT2D eigenvalue weighted by atomic mass is 15.1. The van der Waals surface area contributed by atoms with E-state index < -0.39 is 0 Å². The van der Waals surface area contributed by atoms with Crippen LogP contribution in [0.4, 0.5) is 34.1 Å². The Hall–Kier alpha value is -8.12. The fraction of sp³-hybridized carbons (Fsp3) is 0.0370. The van der Waals surface area contributed by atoms with Gasteiger partial charge in [-0.05, 0) is 145 Å². The van der Waals surface area contributed by atoms with Crippen molar-refractivity contribution in [2.24, 2.45) is 0 Å². The largest absolute Gasteiger partial charge is 0.310 e. The van der Waals surface area contributed by atoms with Crippen molar-refractivity contribution in [2.45, 2.75) is 13.8 Å². The number of nitriles is 2. The minimum absolute atomic E-state index is 0.623. The van der Waals surface area contributed by atoms with Gasteiger partial charge in [0.05, 0.1) is 40.0 Å². The third-order valence-corrected chi connectivity index (χ3v) is 11.3. The van der Waals surface area contributed by atoms with Crippen molar-refractivity contribution < 1.29 is 0 Å². The number of hydrogen-bond acceptors (Lipinski definition) is 4. The van der Waals surface area contributed by atoms with E-state index in [9.17, 15) is 10.5 Å². The molecule has 9 aromatic carbocycles. The van der Waals surface area contributed by atoms with E-state index in [0.717, 1.165) is 67.0 Å². The van der Waals surface area contributed by atoms with Crippen LogP contribution in [0.15, 0.2) is 188 Å². The van der Waals surface area contributed by atoms with E-state index in [-0.39, 0.29) is 0 Å². The molecule has 278 valence electrons. The molecule has 10 rings (SSSR count). The molecular weight excluding hydrogens is 719 g/mol. The lowest BCUT2D eigenvalue weighted by molar-refractivity contribution is 1.19. The minimum atomic E-state index is 0.623. The molecule has 0 aliphatic carbocycles. The van der Waals surface area contributed by atoms with E-state index in [0.29, 0.717) is 11.1 Å². The van der Waals surface area contributed by atoms with Gasteiger partial charge in [0, 0.05) is 50.3 Å². The number of anilines is 6. The number of rotatable bonds is 7. The Morgan fingerprint density at radius 3 is 1.46 bits per heavy atom. The minimum Gasteiger partial charge on any atom is -0.310 e. The summed E-state index contributed by atoms with van der Waals surface area (Å²) >= 11 is 0. The molecule has 0 radical (unpaired) electrons. The highest BCUT2D eigenvalue weighted by Crippen LogP contribution is 2.43. The second-order valence-electron chi connectivity index (χ2n) is 15.1. The third-order valence-electron chi connectivity index (χ3n) is 11.3. The zero-order chi connectivity index (χ0) is 40.0. The zero-order valence-electron chi connectivity index (χ0n) is 32.6. The van der Waals surface area contributed by atoms with E-state index in [2.05, 4.69) is 180 Å². The van der Waals surface area contributed by atoms with Crippen LogP contribution in [0.5, 0.6) is 0 Å². The Bertz CT molecular complexity index is 3290. The Morgan fingerprint density at radius 2 is 0.864 bits per heavy atom. The van der Waals surface area contributed by atoms with E-state index >= 15 is 0 Å². The first-order valence-electron chi connectivity index (χ1n) is 19.7. The molecule has 0 bridgehead atoms. The van der Waals surface area contributed by atoms with Gasteiger partial charge in [-0.25, -0.2) is 0 Å². The predicted octanol–water partition coefficient (Wildman–Crippen LogP) is 14.4. The van der Waals surface area contributed by atoms with Crippen molar-refractivity contribution in [1.82, 2.24) is 4.57 Å². The smallest absolute Gasteiger partial charge is 0.0991 e. The Balaban J connectivity index is 1.22.